The lowest BCUT2D eigenvalue weighted by atomic mass is 9.81. The van der Waals surface area contributed by atoms with Crippen molar-refractivity contribution in [3.8, 4) is 0 Å². The average molecular weight is 214 g/mol. The first-order valence-corrected chi connectivity index (χ1v) is 4.09. The van der Waals surface area contributed by atoms with E-state index in [2.05, 4.69) is 5.73 Å². The van der Waals surface area contributed by atoms with Crippen LogP contribution in [0.25, 0.3) is 0 Å². The molecule has 13 heavy (non-hydrogen) atoms. The van der Waals surface area contributed by atoms with E-state index < -0.39 is 24.4 Å². The summed E-state index contributed by atoms with van der Waals surface area (Å²) in [6.07, 6.45) is -4.11. The van der Waals surface area contributed by atoms with Crippen LogP contribution in [0.4, 0.5) is 0 Å². The van der Waals surface area contributed by atoms with Crippen LogP contribution < -0.4 is 18.1 Å². The SMILES string of the molecule is [Cl-].[NH3+]C[C@H]1C[C@H](O)[C@H](O)[C@@H](O)[C@H]1O. The monoisotopic (exact) mass is 213 g/mol. The Morgan fingerprint density at radius 1 is 1.00 bits per heavy atom. The molecule has 1 aliphatic rings. The second kappa shape index (κ2) is 5.09. The lowest BCUT2D eigenvalue weighted by Crippen LogP contribution is -3.00. The maximum Gasteiger partial charge on any atom is 0.109 e. The summed E-state index contributed by atoms with van der Waals surface area (Å²) in [7, 11) is 0. The fraction of sp³-hybridized carbons (Fsp3) is 1.00. The highest BCUT2D eigenvalue weighted by Gasteiger charge is 2.41. The van der Waals surface area contributed by atoms with E-state index in [9.17, 15) is 15.3 Å². The van der Waals surface area contributed by atoms with Crippen LogP contribution in [0, 0.1) is 5.92 Å². The molecule has 0 unspecified atom stereocenters. The average Bonchev–Trinajstić information content (AvgIpc) is 2.08. The Balaban J connectivity index is 0.00000144. The fourth-order valence-electron chi connectivity index (χ4n) is 1.59. The molecule has 0 spiro atoms. The van der Waals surface area contributed by atoms with Gasteiger partial charge in [0.1, 0.15) is 12.2 Å². The van der Waals surface area contributed by atoms with Crippen LogP contribution in [0.1, 0.15) is 6.42 Å². The van der Waals surface area contributed by atoms with Gasteiger partial charge in [0.25, 0.3) is 0 Å². The van der Waals surface area contributed by atoms with Gasteiger partial charge >= 0.3 is 0 Å². The number of aliphatic hydroxyl groups is 4. The molecule has 0 aromatic heterocycles. The number of rotatable bonds is 1. The Bertz CT molecular complexity index is 155. The van der Waals surface area contributed by atoms with E-state index in [4.69, 9.17) is 5.11 Å². The van der Waals surface area contributed by atoms with Crippen molar-refractivity contribution >= 4 is 0 Å². The van der Waals surface area contributed by atoms with Gasteiger partial charge in [0.2, 0.25) is 0 Å². The molecule has 0 aliphatic heterocycles. The Labute approximate surface area is 82.6 Å². The van der Waals surface area contributed by atoms with Crippen LogP contribution in [-0.4, -0.2) is 51.4 Å². The van der Waals surface area contributed by atoms with E-state index in [-0.39, 0.29) is 18.3 Å². The molecule has 5 nitrogen and oxygen atoms in total. The van der Waals surface area contributed by atoms with E-state index in [0.717, 1.165) is 0 Å². The summed E-state index contributed by atoms with van der Waals surface area (Å²) in [5.74, 6) is -0.224. The van der Waals surface area contributed by atoms with Gasteiger partial charge < -0.3 is 38.6 Å². The smallest absolute Gasteiger partial charge is 0.109 e. The minimum absolute atomic E-state index is 0. The third kappa shape index (κ3) is 2.52. The van der Waals surface area contributed by atoms with Crippen molar-refractivity contribution in [2.75, 3.05) is 6.54 Å². The molecule has 0 saturated heterocycles. The quantitative estimate of drug-likeness (QED) is 0.299. The Morgan fingerprint density at radius 3 is 2.00 bits per heavy atom. The van der Waals surface area contributed by atoms with Crippen LogP contribution in [0.5, 0.6) is 0 Å². The van der Waals surface area contributed by atoms with Crippen molar-refractivity contribution in [3.63, 3.8) is 0 Å². The zero-order valence-electron chi connectivity index (χ0n) is 7.17. The summed E-state index contributed by atoms with van der Waals surface area (Å²) < 4.78 is 0. The van der Waals surface area contributed by atoms with Crippen molar-refractivity contribution in [2.24, 2.45) is 5.92 Å². The standard InChI is InChI=1S/C7H15NO4.ClH/c8-2-3-1-4(9)6(11)7(12)5(3)10;/h3-7,9-12H,1-2,8H2;1H/t3-,4+,5+,6+,7+;/m1./s1. The van der Waals surface area contributed by atoms with Gasteiger partial charge in [-0.15, -0.1) is 0 Å². The number of halogens is 1. The maximum absolute atomic E-state index is 9.36. The molecule has 1 rings (SSSR count). The zero-order valence-corrected chi connectivity index (χ0v) is 7.93. The molecule has 0 aromatic rings. The third-order valence-corrected chi connectivity index (χ3v) is 2.49. The van der Waals surface area contributed by atoms with E-state index in [1.165, 1.54) is 0 Å². The Hall–Kier alpha value is 0.0900. The molecule has 0 radical (unpaired) electrons. The van der Waals surface area contributed by atoms with Crippen LogP contribution in [0.2, 0.25) is 0 Å². The van der Waals surface area contributed by atoms with Gasteiger partial charge in [0.15, 0.2) is 0 Å². The first-order chi connectivity index (χ1) is 5.57. The van der Waals surface area contributed by atoms with Gasteiger partial charge in [-0.2, -0.15) is 0 Å². The van der Waals surface area contributed by atoms with Crippen LogP contribution in [0.15, 0.2) is 0 Å². The Morgan fingerprint density at radius 2 is 1.54 bits per heavy atom. The molecule has 0 heterocycles. The molecule has 1 saturated carbocycles. The fourth-order valence-corrected chi connectivity index (χ4v) is 1.59. The third-order valence-electron chi connectivity index (χ3n) is 2.49. The molecule has 1 fully saturated rings. The maximum atomic E-state index is 9.36. The number of aliphatic hydroxyl groups excluding tert-OH is 4. The molecule has 0 bridgehead atoms. The predicted molar refractivity (Wildman–Crippen MR) is 39.9 cm³/mol. The molecular weight excluding hydrogens is 198 g/mol. The van der Waals surface area contributed by atoms with Gasteiger partial charge in [-0.3, -0.25) is 0 Å². The number of hydrogen-bond donors (Lipinski definition) is 5. The molecular formula is C7H16ClNO4. The highest BCUT2D eigenvalue weighted by Crippen LogP contribution is 2.24. The summed E-state index contributed by atoms with van der Waals surface area (Å²) in [6.45, 7) is 0.446. The van der Waals surface area contributed by atoms with Gasteiger partial charge in [0.05, 0.1) is 18.8 Å². The molecule has 80 valence electrons. The van der Waals surface area contributed by atoms with Crippen molar-refractivity contribution in [1.82, 2.24) is 0 Å². The van der Waals surface area contributed by atoms with Gasteiger partial charge in [-0.05, 0) is 6.42 Å². The van der Waals surface area contributed by atoms with Gasteiger partial charge in [-0.25, -0.2) is 0 Å². The summed E-state index contributed by atoms with van der Waals surface area (Å²) in [4.78, 5) is 0. The lowest BCUT2D eigenvalue weighted by Gasteiger charge is -2.36. The molecule has 0 amide bonds. The van der Waals surface area contributed by atoms with Crippen LogP contribution in [0.3, 0.4) is 0 Å². The van der Waals surface area contributed by atoms with Crippen LogP contribution >= 0.6 is 0 Å². The minimum atomic E-state index is -1.25. The second-order valence-electron chi connectivity index (χ2n) is 3.32. The van der Waals surface area contributed by atoms with Crippen molar-refractivity contribution in [3.05, 3.63) is 0 Å². The van der Waals surface area contributed by atoms with E-state index in [0.29, 0.717) is 13.0 Å². The van der Waals surface area contributed by atoms with Gasteiger partial charge in [-0.1, -0.05) is 0 Å². The highest BCUT2D eigenvalue weighted by molar-refractivity contribution is 4.91. The summed E-state index contributed by atoms with van der Waals surface area (Å²) >= 11 is 0. The molecule has 5 atom stereocenters. The molecule has 1 aliphatic carbocycles. The Kier molecular flexibility index (Phi) is 5.13. The zero-order chi connectivity index (χ0) is 9.30. The normalized spacial score (nSPS) is 45.5. The predicted octanol–water partition coefficient (Wildman–Crippen LogP) is -6.30. The first kappa shape index (κ1) is 13.1. The lowest BCUT2D eigenvalue weighted by molar-refractivity contribution is -0.389. The highest BCUT2D eigenvalue weighted by atomic mass is 35.5. The van der Waals surface area contributed by atoms with Crippen molar-refractivity contribution in [1.29, 1.82) is 0 Å². The minimum Gasteiger partial charge on any atom is -1.00 e. The largest absolute Gasteiger partial charge is 1.00 e. The number of hydrogen-bond acceptors (Lipinski definition) is 4. The number of quaternary nitrogens is 1. The van der Waals surface area contributed by atoms with Crippen LogP contribution in [-0.2, 0) is 0 Å². The van der Waals surface area contributed by atoms with Crippen molar-refractivity contribution < 1.29 is 38.6 Å². The molecule has 6 heteroatoms. The first-order valence-electron chi connectivity index (χ1n) is 4.09. The second-order valence-corrected chi connectivity index (χ2v) is 3.32. The van der Waals surface area contributed by atoms with E-state index in [1.54, 1.807) is 0 Å². The van der Waals surface area contributed by atoms with Gasteiger partial charge in [0, 0.05) is 5.92 Å². The van der Waals surface area contributed by atoms with Crippen molar-refractivity contribution in [2.45, 2.75) is 30.8 Å². The molecule has 7 N–H and O–H groups in total. The topological polar surface area (TPSA) is 109 Å². The van der Waals surface area contributed by atoms with E-state index >= 15 is 0 Å². The summed E-state index contributed by atoms with van der Waals surface area (Å²) in [5.41, 5.74) is 3.59. The van der Waals surface area contributed by atoms with E-state index in [1.807, 2.05) is 0 Å². The molecule has 0 aromatic carbocycles. The summed E-state index contributed by atoms with van der Waals surface area (Å²) in [5, 5.41) is 37.0. The summed E-state index contributed by atoms with van der Waals surface area (Å²) in [6, 6.07) is 0.